The molecule has 0 aromatic carbocycles. The first-order chi connectivity index (χ1) is 15.2. The van der Waals surface area contributed by atoms with Gasteiger partial charge < -0.3 is 14.6 Å². The molecule has 0 amide bonds. The van der Waals surface area contributed by atoms with Gasteiger partial charge in [-0.15, -0.1) is 32.9 Å². The summed E-state index contributed by atoms with van der Waals surface area (Å²) in [4.78, 5) is 24.8. The van der Waals surface area contributed by atoms with Gasteiger partial charge in [-0.2, -0.15) is 0 Å². The van der Waals surface area contributed by atoms with Crippen LogP contribution < -0.4 is 10.5 Å². The number of rotatable bonds is 6. The number of anilines is 1. The monoisotopic (exact) mass is 474 g/mol. The lowest BCUT2D eigenvalue weighted by Gasteiger charge is -2.27. The first-order valence-electron chi connectivity index (χ1n) is 10.1. The van der Waals surface area contributed by atoms with Gasteiger partial charge in [-0.1, -0.05) is 17.8 Å². The standard InChI is InChI=1S/C20H22N6O2S3/c1-3-26-19(25-6-8-28-9-7-25)23-24-20(26)31-12(2)16-21-17(27)15-13(11-30-18(15)22-16)14-5-4-10-29-14/h4-5,10-12H,3,6-9H2,1-2H3,(H,21,22,27). The van der Waals surface area contributed by atoms with Crippen LogP contribution in [0.2, 0.25) is 0 Å². The molecule has 1 fully saturated rings. The lowest BCUT2D eigenvalue weighted by atomic mass is 10.2. The van der Waals surface area contributed by atoms with Crippen LogP contribution in [0.25, 0.3) is 20.7 Å². The third-order valence-electron chi connectivity index (χ3n) is 5.22. The first kappa shape index (κ1) is 20.7. The Morgan fingerprint density at radius 1 is 1.29 bits per heavy atom. The van der Waals surface area contributed by atoms with E-state index in [2.05, 4.69) is 31.6 Å². The average molecular weight is 475 g/mol. The van der Waals surface area contributed by atoms with Crippen LogP contribution in [0.15, 0.2) is 32.8 Å². The van der Waals surface area contributed by atoms with Gasteiger partial charge in [-0.3, -0.25) is 9.36 Å². The summed E-state index contributed by atoms with van der Waals surface area (Å²) in [6.07, 6.45) is 0. The van der Waals surface area contributed by atoms with Gasteiger partial charge in [0.15, 0.2) is 5.16 Å². The maximum atomic E-state index is 12.9. The summed E-state index contributed by atoms with van der Waals surface area (Å²) in [7, 11) is 0. The van der Waals surface area contributed by atoms with Crippen molar-refractivity contribution in [3.63, 3.8) is 0 Å². The highest BCUT2D eigenvalue weighted by Gasteiger charge is 2.23. The Morgan fingerprint density at radius 2 is 2.13 bits per heavy atom. The van der Waals surface area contributed by atoms with Crippen LogP contribution in [0.3, 0.4) is 0 Å². The molecule has 1 aliphatic heterocycles. The smallest absolute Gasteiger partial charge is 0.260 e. The molecule has 4 aromatic heterocycles. The number of nitrogens with zero attached hydrogens (tertiary/aromatic N) is 5. The number of hydrogen-bond donors (Lipinski definition) is 1. The highest BCUT2D eigenvalue weighted by atomic mass is 32.2. The molecule has 1 aliphatic rings. The lowest BCUT2D eigenvalue weighted by Crippen LogP contribution is -2.38. The molecule has 1 saturated heterocycles. The second-order valence-electron chi connectivity index (χ2n) is 7.14. The SMILES string of the molecule is CCn1c(SC(C)c2nc3scc(-c4cccs4)c3c(=O)[nH]2)nnc1N1CCOCC1. The number of thioether (sulfide) groups is 1. The predicted molar refractivity (Wildman–Crippen MR) is 127 cm³/mol. The van der Waals surface area contributed by atoms with Crippen LogP contribution in [0.5, 0.6) is 0 Å². The highest BCUT2D eigenvalue weighted by molar-refractivity contribution is 7.99. The Labute approximate surface area is 191 Å². The summed E-state index contributed by atoms with van der Waals surface area (Å²) in [6.45, 7) is 7.93. The van der Waals surface area contributed by atoms with Crippen molar-refractivity contribution < 1.29 is 4.74 Å². The van der Waals surface area contributed by atoms with Gasteiger partial charge in [0.25, 0.3) is 5.56 Å². The van der Waals surface area contributed by atoms with Crippen LogP contribution in [0.4, 0.5) is 5.95 Å². The fourth-order valence-electron chi connectivity index (χ4n) is 3.63. The maximum Gasteiger partial charge on any atom is 0.260 e. The van der Waals surface area contributed by atoms with E-state index in [0.717, 1.165) is 46.0 Å². The zero-order valence-corrected chi connectivity index (χ0v) is 19.6. The van der Waals surface area contributed by atoms with Gasteiger partial charge in [0.05, 0.1) is 23.8 Å². The van der Waals surface area contributed by atoms with E-state index >= 15 is 0 Å². The number of aromatic amines is 1. The second-order valence-corrected chi connectivity index (χ2v) is 10.3. The van der Waals surface area contributed by atoms with E-state index in [1.807, 2.05) is 29.8 Å². The molecule has 162 valence electrons. The fraction of sp³-hybridized carbons (Fsp3) is 0.400. The van der Waals surface area contributed by atoms with E-state index in [9.17, 15) is 4.79 Å². The molecular formula is C20H22N6O2S3. The molecule has 8 nitrogen and oxygen atoms in total. The number of thiophene rings is 2. The van der Waals surface area contributed by atoms with Gasteiger partial charge >= 0.3 is 0 Å². The topological polar surface area (TPSA) is 88.9 Å². The Morgan fingerprint density at radius 3 is 2.87 bits per heavy atom. The van der Waals surface area contributed by atoms with Crippen molar-refractivity contribution in [2.24, 2.45) is 0 Å². The molecule has 5 heterocycles. The van der Waals surface area contributed by atoms with Crippen molar-refractivity contribution in [3.8, 4) is 10.4 Å². The summed E-state index contributed by atoms with van der Waals surface area (Å²) in [5, 5.41) is 14.3. The Kier molecular flexibility index (Phi) is 5.83. The molecule has 5 rings (SSSR count). The maximum absolute atomic E-state index is 12.9. The zero-order chi connectivity index (χ0) is 21.4. The Balaban J connectivity index is 1.43. The van der Waals surface area contributed by atoms with E-state index in [4.69, 9.17) is 9.72 Å². The van der Waals surface area contributed by atoms with Gasteiger partial charge in [-0.25, -0.2) is 4.98 Å². The third-order valence-corrected chi connectivity index (χ3v) is 8.09. The fourth-order valence-corrected chi connectivity index (χ4v) is 6.36. The summed E-state index contributed by atoms with van der Waals surface area (Å²) >= 11 is 4.70. The molecule has 0 radical (unpaired) electrons. The van der Waals surface area contributed by atoms with Crippen LogP contribution >= 0.6 is 34.4 Å². The zero-order valence-electron chi connectivity index (χ0n) is 17.2. The van der Waals surface area contributed by atoms with Crippen molar-refractivity contribution in [2.45, 2.75) is 30.8 Å². The van der Waals surface area contributed by atoms with Crippen LogP contribution in [0.1, 0.15) is 24.9 Å². The third kappa shape index (κ3) is 3.91. The summed E-state index contributed by atoms with van der Waals surface area (Å²) in [5.74, 6) is 1.52. The number of nitrogens with one attached hydrogen (secondary N) is 1. The van der Waals surface area contributed by atoms with Gasteiger partial charge in [0, 0.05) is 35.5 Å². The summed E-state index contributed by atoms with van der Waals surface area (Å²) in [6, 6.07) is 4.02. The van der Waals surface area contributed by atoms with Crippen LogP contribution in [-0.2, 0) is 11.3 Å². The highest BCUT2D eigenvalue weighted by Crippen LogP contribution is 2.37. The first-order valence-corrected chi connectivity index (χ1v) is 12.8. The van der Waals surface area contributed by atoms with E-state index < -0.39 is 0 Å². The molecular weight excluding hydrogens is 452 g/mol. The van der Waals surface area contributed by atoms with E-state index in [0.29, 0.717) is 24.4 Å². The van der Waals surface area contributed by atoms with Crippen molar-refractivity contribution in [1.82, 2.24) is 24.7 Å². The molecule has 0 aliphatic carbocycles. The molecule has 1 N–H and O–H groups in total. The Bertz CT molecular complexity index is 1240. The molecule has 1 unspecified atom stereocenters. The van der Waals surface area contributed by atoms with Gasteiger partial charge in [0.2, 0.25) is 5.95 Å². The number of aromatic nitrogens is 5. The number of fused-ring (bicyclic) bond motifs is 1. The lowest BCUT2D eigenvalue weighted by molar-refractivity contribution is 0.121. The average Bonchev–Trinajstić information content (AvgIpc) is 3.53. The molecule has 0 bridgehead atoms. The molecule has 31 heavy (non-hydrogen) atoms. The number of morpholine rings is 1. The molecule has 11 heteroatoms. The molecule has 1 atom stereocenters. The summed E-state index contributed by atoms with van der Waals surface area (Å²) < 4.78 is 7.57. The minimum absolute atomic E-state index is 0.0728. The van der Waals surface area contributed by atoms with E-state index in [-0.39, 0.29) is 10.8 Å². The minimum Gasteiger partial charge on any atom is -0.378 e. The number of H-pyrrole nitrogens is 1. The van der Waals surface area contributed by atoms with Gasteiger partial charge in [0.1, 0.15) is 10.7 Å². The van der Waals surface area contributed by atoms with E-state index in [1.165, 1.54) is 11.3 Å². The minimum atomic E-state index is -0.0944. The van der Waals surface area contributed by atoms with Crippen molar-refractivity contribution in [3.05, 3.63) is 39.1 Å². The van der Waals surface area contributed by atoms with E-state index in [1.54, 1.807) is 23.1 Å². The number of hydrogen-bond acceptors (Lipinski definition) is 9. The normalized spacial score (nSPS) is 15.6. The Hall–Kier alpha value is -2.21. The van der Waals surface area contributed by atoms with Crippen LogP contribution in [-0.4, -0.2) is 51.0 Å². The quantitative estimate of drug-likeness (QED) is 0.422. The molecule has 4 aromatic rings. The second kappa shape index (κ2) is 8.73. The predicted octanol–water partition coefficient (Wildman–Crippen LogP) is 4.01. The van der Waals surface area contributed by atoms with Gasteiger partial charge in [-0.05, 0) is 25.3 Å². The van der Waals surface area contributed by atoms with Crippen molar-refractivity contribution >= 4 is 50.6 Å². The molecule has 0 saturated carbocycles. The van der Waals surface area contributed by atoms with Crippen molar-refractivity contribution in [2.75, 3.05) is 31.2 Å². The van der Waals surface area contributed by atoms with Crippen molar-refractivity contribution in [1.29, 1.82) is 0 Å². The summed E-state index contributed by atoms with van der Waals surface area (Å²) in [5.41, 5.74) is 0.861. The van der Waals surface area contributed by atoms with Crippen LogP contribution in [0, 0.1) is 0 Å². The number of ether oxygens (including phenoxy) is 1. The molecule has 0 spiro atoms. The largest absolute Gasteiger partial charge is 0.378 e.